The smallest absolute Gasteiger partial charge is 0.302 e. The molecule has 0 saturated heterocycles. The monoisotopic (exact) mass is 374 g/mol. The summed E-state index contributed by atoms with van der Waals surface area (Å²) in [5.74, 6) is 2.74. The molecule has 144 valence electrons. The van der Waals surface area contributed by atoms with Crippen LogP contribution in [0.1, 0.15) is 31.1 Å². The van der Waals surface area contributed by atoms with Crippen LogP contribution in [0, 0.1) is 0 Å². The van der Waals surface area contributed by atoms with Gasteiger partial charge in [0.2, 0.25) is 13.6 Å². The van der Waals surface area contributed by atoms with Gasteiger partial charge in [-0.05, 0) is 42.3 Å². The first kappa shape index (κ1) is 18.8. The van der Waals surface area contributed by atoms with Crippen LogP contribution < -0.4 is 18.9 Å². The van der Waals surface area contributed by atoms with Crippen molar-refractivity contribution >= 4 is 5.97 Å². The van der Waals surface area contributed by atoms with Crippen LogP contribution in [-0.2, 0) is 16.0 Å². The van der Waals surface area contributed by atoms with Crippen LogP contribution in [0.4, 0.5) is 0 Å². The van der Waals surface area contributed by atoms with Crippen molar-refractivity contribution < 1.29 is 33.6 Å². The van der Waals surface area contributed by atoms with Crippen molar-refractivity contribution in [2.45, 2.75) is 26.4 Å². The third-order valence-corrected chi connectivity index (χ3v) is 4.01. The molecule has 2 aromatic carbocycles. The van der Waals surface area contributed by atoms with Gasteiger partial charge in [0.25, 0.3) is 0 Å². The summed E-state index contributed by atoms with van der Waals surface area (Å²) in [5, 5.41) is 9.26. The average molecular weight is 374 g/mol. The number of carbonyl (C=O) groups excluding carboxylic acids is 1. The third kappa shape index (κ3) is 5.04. The molecule has 7 heteroatoms. The van der Waals surface area contributed by atoms with E-state index in [1.54, 1.807) is 13.0 Å². The van der Waals surface area contributed by atoms with Crippen LogP contribution in [-0.4, -0.2) is 31.3 Å². The summed E-state index contributed by atoms with van der Waals surface area (Å²) in [5.41, 5.74) is 1.92. The van der Waals surface area contributed by atoms with Gasteiger partial charge in [0.05, 0.1) is 12.7 Å². The maximum Gasteiger partial charge on any atom is 0.302 e. The van der Waals surface area contributed by atoms with E-state index < -0.39 is 6.10 Å². The Kier molecular flexibility index (Phi) is 6.03. The number of hydrogen-bond acceptors (Lipinski definition) is 7. The van der Waals surface area contributed by atoms with E-state index in [1.165, 1.54) is 6.92 Å². The van der Waals surface area contributed by atoms with E-state index in [1.807, 2.05) is 30.3 Å². The summed E-state index contributed by atoms with van der Waals surface area (Å²) in [6, 6.07) is 11.2. The summed E-state index contributed by atoms with van der Waals surface area (Å²) >= 11 is 0. The Morgan fingerprint density at radius 3 is 2.22 bits per heavy atom. The van der Waals surface area contributed by atoms with Crippen molar-refractivity contribution in [2.24, 2.45) is 0 Å². The highest BCUT2D eigenvalue weighted by molar-refractivity contribution is 5.65. The average Bonchev–Trinajstić information content (AvgIpc) is 3.29. The van der Waals surface area contributed by atoms with Gasteiger partial charge >= 0.3 is 5.97 Å². The summed E-state index contributed by atoms with van der Waals surface area (Å²) in [7, 11) is 0. The molecule has 1 unspecified atom stereocenters. The Hall–Kier alpha value is -2.93. The van der Waals surface area contributed by atoms with Crippen LogP contribution in [0.5, 0.6) is 23.0 Å². The Morgan fingerprint density at radius 2 is 1.59 bits per heavy atom. The molecule has 0 fully saturated rings. The highest BCUT2D eigenvalue weighted by Crippen LogP contribution is 2.34. The van der Waals surface area contributed by atoms with Gasteiger partial charge in [-0.1, -0.05) is 12.1 Å². The molecule has 0 aliphatic carbocycles. The lowest BCUT2D eigenvalue weighted by Crippen LogP contribution is -2.03. The zero-order valence-corrected chi connectivity index (χ0v) is 15.3. The summed E-state index contributed by atoms with van der Waals surface area (Å²) < 4.78 is 25.6. The first-order valence-electron chi connectivity index (χ1n) is 8.62. The van der Waals surface area contributed by atoms with Crippen LogP contribution in [0.2, 0.25) is 0 Å². The first-order valence-corrected chi connectivity index (χ1v) is 8.62. The fourth-order valence-electron chi connectivity index (χ4n) is 2.58. The van der Waals surface area contributed by atoms with Crippen LogP contribution >= 0.6 is 0 Å². The van der Waals surface area contributed by atoms with Gasteiger partial charge in [0.1, 0.15) is 0 Å². The van der Waals surface area contributed by atoms with Crippen molar-refractivity contribution in [3.05, 3.63) is 47.5 Å². The molecule has 2 aliphatic rings. The molecule has 4 rings (SSSR count). The third-order valence-electron chi connectivity index (χ3n) is 4.01. The van der Waals surface area contributed by atoms with E-state index in [9.17, 15) is 9.90 Å². The SMILES string of the molecule is CC(=O)OCCc1ccc2c(c1)OCO2.CC(O)c1ccc2c(c1)OCO2. The first-order chi connectivity index (χ1) is 13.0. The summed E-state index contributed by atoms with van der Waals surface area (Å²) in [4.78, 5) is 10.6. The van der Waals surface area contributed by atoms with Crippen LogP contribution in [0.3, 0.4) is 0 Å². The minimum atomic E-state index is -0.459. The number of aliphatic hydroxyl groups excluding tert-OH is 1. The minimum absolute atomic E-state index is 0.254. The maximum absolute atomic E-state index is 10.6. The predicted molar refractivity (Wildman–Crippen MR) is 96.1 cm³/mol. The molecule has 0 amide bonds. The standard InChI is InChI=1S/C11H12O4.C9H10O3/c1-8(12)13-5-4-9-2-3-10-11(6-9)15-7-14-10;1-6(10)7-2-3-8-9(4-7)12-5-11-8/h2-3,6H,4-5,7H2,1H3;2-4,6,10H,5H2,1H3. The Labute approximate surface area is 157 Å². The molecule has 0 spiro atoms. The molecule has 7 nitrogen and oxygen atoms in total. The van der Waals surface area contributed by atoms with Crippen molar-refractivity contribution in [1.82, 2.24) is 0 Å². The van der Waals surface area contributed by atoms with Gasteiger partial charge in [0.15, 0.2) is 23.0 Å². The minimum Gasteiger partial charge on any atom is -0.466 e. The van der Waals surface area contributed by atoms with Crippen molar-refractivity contribution in [3.8, 4) is 23.0 Å². The Morgan fingerprint density at radius 1 is 1.00 bits per heavy atom. The summed E-state index contributed by atoms with van der Waals surface area (Å²) in [6.07, 6.45) is 0.232. The largest absolute Gasteiger partial charge is 0.466 e. The lowest BCUT2D eigenvalue weighted by Gasteiger charge is -2.04. The topological polar surface area (TPSA) is 83.5 Å². The van der Waals surface area contributed by atoms with Gasteiger partial charge in [-0.15, -0.1) is 0 Å². The fourth-order valence-corrected chi connectivity index (χ4v) is 2.58. The highest BCUT2D eigenvalue weighted by atomic mass is 16.7. The van der Waals surface area contributed by atoms with Gasteiger partial charge < -0.3 is 28.8 Å². The number of benzene rings is 2. The van der Waals surface area contributed by atoms with E-state index in [-0.39, 0.29) is 19.6 Å². The van der Waals surface area contributed by atoms with Gasteiger partial charge in [-0.2, -0.15) is 0 Å². The predicted octanol–water partition coefficient (Wildman–Crippen LogP) is 2.99. The molecular formula is C20H22O7. The lowest BCUT2D eigenvalue weighted by atomic mass is 10.1. The second-order valence-electron chi connectivity index (χ2n) is 6.07. The van der Waals surface area contributed by atoms with E-state index in [2.05, 4.69) is 0 Å². The van der Waals surface area contributed by atoms with E-state index in [0.29, 0.717) is 18.8 Å². The lowest BCUT2D eigenvalue weighted by molar-refractivity contribution is -0.140. The van der Waals surface area contributed by atoms with Crippen molar-refractivity contribution in [1.29, 1.82) is 0 Å². The molecule has 27 heavy (non-hydrogen) atoms. The van der Waals surface area contributed by atoms with Gasteiger partial charge in [0, 0.05) is 13.3 Å². The number of hydrogen-bond donors (Lipinski definition) is 1. The zero-order valence-electron chi connectivity index (χ0n) is 15.3. The summed E-state index contributed by atoms with van der Waals surface area (Å²) in [6.45, 7) is 4.08. The molecule has 1 atom stereocenters. The van der Waals surface area contributed by atoms with E-state index >= 15 is 0 Å². The maximum atomic E-state index is 10.6. The van der Waals surface area contributed by atoms with Crippen molar-refractivity contribution in [3.63, 3.8) is 0 Å². The Balaban J connectivity index is 0.000000159. The molecule has 2 aliphatic heterocycles. The molecule has 2 aromatic rings. The number of esters is 1. The van der Waals surface area contributed by atoms with E-state index in [4.69, 9.17) is 23.7 Å². The zero-order chi connectivity index (χ0) is 19.2. The molecule has 0 bridgehead atoms. The van der Waals surface area contributed by atoms with Gasteiger partial charge in [-0.25, -0.2) is 0 Å². The number of fused-ring (bicyclic) bond motifs is 2. The molecular weight excluding hydrogens is 352 g/mol. The second kappa shape index (κ2) is 8.64. The fraction of sp³-hybridized carbons (Fsp3) is 0.350. The van der Waals surface area contributed by atoms with Gasteiger partial charge in [-0.3, -0.25) is 4.79 Å². The number of rotatable bonds is 4. The highest BCUT2D eigenvalue weighted by Gasteiger charge is 2.14. The quantitative estimate of drug-likeness (QED) is 0.824. The normalized spacial score (nSPS) is 14.2. The van der Waals surface area contributed by atoms with Crippen molar-refractivity contribution in [2.75, 3.05) is 20.2 Å². The molecule has 0 radical (unpaired) electrons. The Bertz CT molecular complexity index is 801. The molecule has 2 heterocycles. The molecule has 0 saturated carbocycles. The number of ether oxygens (including phenoxy) is 5. The van der Waals surface area contributed by atoms with Crippen LogP contribution in [0.15, 0.2) is 36.4 Å². The van der Waals surface area contributed by atoms with Crippen LogP contribution in [0.25, 0.3) is 0 Å². The number of carbonyl (C=O) groups is 1. The molecule has 1 N–H and O–H groups in total. The number of aliphatic hydroxyl groups is 1. The second-order valence-corrected chi connectivity index (χ2v) is 6.07. The molecule has 0 aromatic heterocycles. The van der Waals surface area contributed by atoms with E-state index in [0.717, 1.165) is 28.4 Å².